The Labute approximate surface area is 132 Å². The Kier molecular flexibility index (Phi) is 5.93. The van der Waals surface area contributed by atoms with Gasteiger partial charge in [0.2, 0.25) is 0 Å². The van der Waals surface area contributed by atoms with Gasteiger partial charge < -0.3 is 9.73 Å². The van der Waals surface area contributed by atoms with Gasteiger partial charge in [-0.3, -0.25) is 4.90 Å². The van der Waals surface area contributed by atoms with E-state index >= 15 is 0 Å². The minimum atomic E-state index is 0.629. The van der Waals surface area contributed by atoms with Crippen LogP contribution in [-0.2, 0) is 6.54 Å². The van der Waals surface area contributed by atoms with Crippen LogP contribution in [0.3, 0.4) is 0 Å². The molecule has 3 nitrogen and oxygen atoms in total. The largest absolute Gasteiger partial charge is 0.452 e. The highest BCUT2D eigenvalue weighted by Gasteiger charge is 2.24. The molecule has 5 heteroatoms. The van der Waals surface area contributed by atoms with Crippen molar-refractivity contribution in [1.29, 1.82) is 0 Å². The van der Waals surface area contributed by atoms with E-state index in [-0.39, 0.29) is 0 Å². The summed E-state index contributed by atoms with van der Waals surface area (Å²) in [6.07, 6.45) is 2.70. The van der Waals surface area contributed by atoms with Crippen LogP contribution in [0.25, 0.3) is 0 Å². The van der Waals surface area contributed by atoms with E-state index in [1.165, 1.54) is 25.9 Å². The summed E-state index contributed by atoms with van der Waals surface area (Å²) < 4.78 is 7.32. The molecule has 108 valence electrons. The van der Waals surface area contributed by atoms with E-state index in [1.54, 1.807) is 0 Å². The van der Waals surface area contributed by atoms with E-state index in [1.807, 2.05) is 6.07 Å². The molecule has 0 amide bonds. The first-order chi connectivity index (χ1) is 9.08. The number of nitrogens with zero attached hydrogens (tertiary/aromatic N) is 1. The second-order valence-corrected chi connectivity index (χ2v) is 7.09. The lowest BCUT2D eigenvalue weighted by Crippen LogP contribution is -2.44. The summed E-state index contributed by atoms with van der Waals surface area (Å²) in [5, 5.41) is 3.52. The van der Waals surface area contributed by atoms with Crippen molar-refractivity contribution >= 4 is 31.9 Å². The summed E-state index contributed by atoms with van der Waals surface area (Å²) in [6.45, 7) is 8.93. The number of nitrogens with one attached hydrogen (secondary N) is 1. The molecule has 1 aliphatic rings. The molecule has 1 fully saturated rings. The van der Waals surface area contributed by atoms with Gasteiger partial charge in [0.05, 0.1) is 11.0 Å². The Hall–Kier alpha value is 0.160. The lowest BCUT2D eigenvalue weighted by molar-refractivity contribution is 0.185. The lowest BCUT2D eigenvalue weighted by Gasteiger charge is -2.31. The molecule has 2 heterocycles. The minimum absolute atomic E-state index is 0.629. The Balaban J connectivity index is 1.82. The third-order valence-corrected chi connectivity index (χ3v) is 5.44. The summed E-state index contributed by atoms with van der Waals surface area (Å²) in [4.78, 5) is 2.62. The van der Waals surface area contributed by atoms with Crippen molar-refractivity contribution in [2.45, 2.75) is 39.3 Å². The first-order valence-corrected chi connectivity index (χ1v) is 8.55. The van der Waals surface area contributed by atoms with Gasteiger partial charge in [-0.05, 0) is 69.8 Å². The first-order valence-electron chi connectivity index (χ1n) is 6.96. The van der Waals surface area contributed by atoms with E-state index in [0.29, 0.717) is 12.0 Å². The Morgan fingerprint density at radius 2 is 2.00 bits per heavy atom. The number of hydrogen-bond donors (Lipinski definition) is 1. The molecule has 1 unspecified atom stereocenters. The summed E-state index contributed by atoms with van der Waals surface area (Å²) in [7, 11) is 0. The summed E-state index contributed by atoms with van der Waals surface area (Å²) in [5.41, 5.74) is 0. The van der Waals surface area contributed by atoms with Gasteiger partial charge in [0.15, 0.2) is 4.67 Å². The number of furan rings is 1. The zero-order valence-corrected chi connectivity index (χ0v) is 14.8. The molecule has 2 rings (SSSR count). The molecule has 0 aliphatic carbocycles. The van der Waals surface area contributed by atoms with Gasteiger partial charge in [-0.25, -0.2) is 0 Å². The van der Waals surface area contributed by atoms with Crippen LogP contribution >= 0.6 is 31.9 Å². The van der Waals surface area contributed by atoms with Crippen molar-refractivity contribution in [3.05, 3.63) is 21.0 Å². The predicted octanol–water partition coefficient (Wildman–Crippen LogP) is 4.01. The van der Waals surface area contributed by atoms with Crippen LogP contribution in [-0.4, -0.2) is 30.6 Å². The molecule has 0 radical (unpaired) electrons. The summed E-state index contributed by atoms with van der Waals surface area (Å²) in [5.74, 6) is 1.64. The Bertz CT molecular complexity index is 381. The molecule has 1 aromatic heterocycles. The average molecular weight is 394 g/mol. The molecule has 1 saturated heterocycles. The van der Waals surface area contributed by atoms with Crippen LogP contribution in [0.2, 0.25) is 0 Å². The topological polar surface area (TPSA) is 28.4 Å². The molecule has 1 aromatic rings. The van der Waals surface area contributed by atoms with Crippen molar-refractivity contribution in [2.75, 3.05) is 19.6 Å². The molecule has 0 bridgehead atoms. The number of hydrogen-bond acceptors (Lipinski definition) is 3. The van der Waals surface area contributed by atoms with E-state index < -0.39 is 0 Å². The van der Waals surface area contributed by atoms with Crippen molar-refractivity contribution in [2.24, 2.45) is 5.92 Å². The second kappa shape index (κ2) is 7.25. The van der Waals surface area contributed by atoms with E-state index in [9.17, 15) is 0 Å². The van der Waals surface area contributed by atoms with Gasteiger partial charge in [0.1, 0.15) is 5.76 Å². The summed E-state index contributed by atoms with van der Waals surface area (Å²) in [6, 6.07) is 2.64. The van der Waals surface area contributed by atoms with E-state index in [2.05, 4.69) is 55.9 Å². The highest BCUT2D eigenvalue weighted by Crippen LogP contribution is 2.26. The van der Waals surface area contributed by atoms with Crippen LogP contribution in [0.15, 0.2) is 19.6 Å². The first kappa shape index (κ1) is 15.5. The molecular formula is C14H22Br2N2O. The fraction of sp³-hybridized carbons (Fsp3) is 0.714. The molecule has 0 spiro atoms. The van der Waals surface area contributed by atoms with Crippen LogP contribution in [0.1, 0.15) is 32.4 Å². The number of likely N-dealkylation sites (tertiary alicyclic amines) is 1. The Morgan fingerprint density at radius 1 is 1.32 bits per heavy atom. The average Bonchev–Trinajstić information content (AvgIpc) is 2.96. The van der Waals surface area contributed by atoms with Gasteiger partial charge in [-0.2, -0.15) is 0 Å². The SMILES string of the molecule is CC(C)C(CNCc1cc(Br)c(Br)o1)N1CCCC1. The molecule has 1 aliphatic heterocycles. The van der Waals surface area contributed by atoms with Crippen molar-refractivity contribution < 1.29 is 4.42 Å². The van der Waals surface area contributed by atoms with E-state index in [4.69, 9.17) is 4.42 Å². The zero-order chi connectivity index (χ0) is 13.8. The standard InChI is InChI=1S/C14H22Br2N2O/c1-10(2)13(18-5-3-4-6-18)9-17-8-11-7-12(15)14(16)19-11/h7,10,13,17H,3-6,8-9H2,1-2H3. The predicted molar refractivity (Wildman–Crippen MR) is 85.2 cm³/mol. The van der Waals surface area contributed by atoms with Crippen LogP contribution in [0, 0.1) is 5.92 Å². The van der Waals surface area contributed by atoms with Gasteiger partial charge in [-0.1, -0.05) is 13.8 Å². The van der Waals surface area contributed by atoms with Gasteiger partial charge in [-0.15, -0.1) is 0 Å². The quantitative estimate of drug-likeness (QED) is 0.791. The maximum absolute atomic E-state index is 5.58. The molecule has 1 atom stereocenters. The minimum Gasteiger partial charge on any atom is -0.452 e. The van der Waals surface area contributed by atoms with E-state index in [0.717, 1.165) is 28.0 Å². The number of rotatable bonds is 6. The zero-order valence-electron chi connectivity index (χ0n) is 11.6. The third kappa shape index (κ3) is 4.31. The molecule has 1 N–H and O–H groups in total. The highest BCUT2D eigenvalue weighted by molar-refractivity contribution is 9.13. The van der Waals surface area contributed by atoms with Gasteiger partial charge in [0, 0.05) is 12.6 Å². The van der Waals surface area contributed by atoms with Gasteiger partial charge >= 0.3 is 0 Å². The van der Waals surface area contributed by atoms with Crippen molar-refractivity contribution in [3.8, 4) is 0 Å². The van der Waals surface area contributed by atoms with Crippen molar-refractivity contribution in [3.63, 3.8) is 0 Å². The second-order valence-electron chi connectivity index (χ2n) is 5.52. The maximum Gasteiger partial charge on any atom is 0.183 e. The highest BCUT2D eigenvalue weighted by atomic mass is 79.9. The third-order valence-electron chi connectivity index (χ3n) is 3.73. The fourth-order valence-corrected chi connectivity index (χ4v) is 3.34. The molecule has 0 aromatic carbocycles. The summed E-state index contributed by atoms with van der Waals surface area (Å²) >= 11 is 6.80. The molecule has 0 saturated carbocycles. The van der Waals surface area contributed by atoms with Gasteiger partial charge in [0.25, 0.3) is 0 Å². The molecule has 19 heavy (non-hydrogen) atoms. The fourth-order valence-electron chi connectivity index (χ4n) is 2.68. The smallest absolute Gasteiger partial charge is 0.183 e. The van der Waals surface area contributed by atoms with Crippen LogP contribution in [0.4, 0.5) is 0 Å². The monoisotopic (exact) mass is 392 g/mol. The molecular weight excluding hydrogens is 372 g/mol. The van der Waals surface area contributed by atoms with Crippen molar-refractivity contribution in [1.82, 2.24) is 10.2 Å². The lowest BCUT2D eigenvalue weighted by atomic mass is 10.0. The van der Waals surface area contributed by atoms with Crippen LogP contribution < -0.4 is 5.32 Å². The Morgan fingerprint density at radius 3 is 2.53 bits per heavy atom. The maximum atomic E-state index is 5.58. The normalized spacial score (nSPS) is 18.4. The van der Waals surface area contributed by atoms with Crippen LogP contribution in [0.5, 0.6) is 0 Å². The number of halogens is 2.